The zero-order valence-electron chi connectivity index (χ0n) is 10.4. The van der Waals surface area contributed by atoms with Gasteiger partial charge in [-0.1, -0.05) is 0 Å². The van der Waals surface area contributed by atoms with Crippen LogP contribution < -0.4 is 11.1 Å². The number of hydrogen-bond acceptors (Lipinski definition) is 4. The quantitative estimate of drug-likeness (QED) is 0.811. The van der Waals surface area contributed by atoms with Crippen molar-refractivity contribution in [1.29, 1.82) is 0 Å². The summed E-state index contributed by atoms with van der Waals surface area (Å²) in [5.41, 5.74) is 9.02. The summed E-state index contributed by atoms with van der Waals surface area (Å²) in [6.45, 7) is 3.48. The summed E-state index contributed by atoms with van der Waals surface area (Å²) < 4.78 is 0. The van der Waals surface area contributed by atoms with Crippen LogP contribution in [0.25, 0.3) is 0 Å². The van der Waals surface area contributed by atoms with Gasteiger partial charge in [0.15, 0.2) is 11.6 Å². The molecule has 92 valence electrons. The van der Waals surface area contributed by atoms with Crippen LogP contribution in [0.2, 0.25) is 0 Å². The molecule has 0 amide bonds. The van der Waals surface area contributed by atoms with Crippen LogP contribution in [0.15, 0.2) is 36.5 Å². The molecule has 3 N–H and O–H groups in total. The Morgan fingerprint density at radius 1 is 1.28 bits per heavy atom. The van der Waals surface area contributed by atoms with E-state index in [9.17, 15) is 4.79 Å². The second-order valence-corrected chi connectivity index (χ2v) is 4.21. The highest BCUT2D eigenvalue weighted by Gasteiger charge is 2.03. The van der Waals surface area contributed by atoms with Crippen LogP contribution in [0, 0.1) is 6.92 Å². The molecule has 18 heavy (non-hydrogen) atoms. The number of aryl methyl sites for hydroxylation is 1. The Morgan fingerprint density at radius 3 is 2.50 bits per heavy atom. The van der Waals surface area contributed by atoms with Gasteiger partial charge < -0.3 is 11.1 Å². The van der Waals surface area contributed by atoms with Crippen molar-refractivity contribution < 1.29 is 4.79 Å². The van der Waals surface area contributed by atoms with Crippen molar-refractivity contribution in [2.45, 2.75) is 13.8 Å². The number of carbonyl (C=O) groups is 1. The molecule has 0 aliphatic rings. The SMILES string of the molecule is CC(=O)c1ccc(Nc2ncc(C)cc2N)cc1. The monoisotopic (exact) mass is 241 g/mol. The molecular weight excluding hydrogens is 226 g/mol. The summed E-state index contributed by atoms with van der Waals surface area (Å²) in [5, 5.41) is 3.12. The number of pyridine rings is 1. The van der Waals surface area contributed by atoms with Crippen molar-refractivity contribution in [2.75, 3.05) is 11.1 Å². The van der Waals surface area contributed by atoms with Gasteiger partial charge in [0.05, 0.1) is 5.69 Å². The fraction of sp³-hybridized carbons (Fsp3) is 0.143. The predicted molar refractivity (Wildman–Crippen MR) is 73.1 cm³/mol. The molecule has 0 atom stereocenters. The highest BCUT2D eigenvalue weighted by atomic mass is 16.1. The van der Waals surface area contributed by atoms with E-state index in [2.05, 4.69) is 10.3 Å². The van der Waals surface area contributed by atoms with Gasteiger partial charge >= 0.3 is 0 Å². The molecule has 1 aromatic heterocycles. The number of anilines is 3. The third kappa shape index (κ3) is 2.66. The van der Waals surface area contributed by atoms with Gasteiger partial charge in [0.2, 0.25) is 0 Å². The predicted octanol–water partition coefficient (Wildman–Crippen LogP) is 2.92. The van der Waals surface area contributed by atoms with E-state index in [1.807, 2.05) is 25.1 Å². The third-order valence-corrected chi connectivity index (χ3v) is 2.61. The van der Waals surface area contributed by atoms with E-state index in [1.165, 1.54) is 0 Å². The first-order valence-electron chi connectivity index (χ1n) is 5.66. The Bertz CT molecular complexity index is 576. The minimum absolute atomic E-state index is 0.0505. The van der Waals surface area contributed by atoms with E-state index in [0.29, 0.717) is 17.1 Å². The molecule has 0 saturated carbocycles. The highest BCUT2D eigenvalue weighted by molar-refractivity contribution is 5.94. The molecule has 0 radical (unpaired) electrons. The zero-order valence-corrected chi connectivity index (χ0v) is 10.4. The van der Waals surface area contributed by atoms with E-state index in [4.69, 9.17) is 5.73 Å². The van der Waals surface area contributed by atoms with E-state index in [0.717, 1.165) is 11.3 Å². The van der Waals surface area contributed by atoms with Gasteiger partial charge in [-0.3, -0.25) is 4.79 Å². The first-order valence-corrected chi connectivity index (χ1v) is 5.66. The number of nitrogen functional groups attached to an aromatic ring is 1. The Kier molecular flexibility index (Phi) is 3.28. The fourth-order valence-corrected chi connectivity index (χ4v) is 1.62. The molecule has 0 fully saturated rings. The summed E-state index contributed by atoms with van der Waals surface area (Å²) >= 11 is 0. The van der Waals surface area contributed by atoms with Crippen molar-refractivity contribution in [3.8, 4) is 0 Å². The lowest BCUT2D eigenvalue weighted by atomic mass is 10.1. The van der Waals surface area contributed by atoms with Crippen molar-refractivity contribution in [2.24, 2.45) is 0 Å². The molecule has 4 nitrogen and oxygen atoms in total. The van der Waals surface area contributed by atoms with Gasteiger partial charge in [-0.05, 0) is 49.7 Å². The molecule has 0 bridgehead atoms. The molecule has 2 aromatic rings. The summed E-state index contributed by atoms with van der Waals surface area (Å²) in [5.74, 6) is 0.672. The maximum Gasteiger partial charge on any atom is 0.159 e. The molecule has 1 heterocycles. The Balaban J connectivity index is 2.21. The van der Waals surface area contributed by atoms with Gasteiger partial charge in [0.25, 0.3) is 0 Å². The normalized spacial score (nSPS) is 10.1. The number of benzene rings is 1. The topological polar surface area (TPSA) is 68.0 Å². The van der Waals surface area contributed by atoms with E-state index < -0.39 is 0 Å². The summed E-state index contributed by atoms with van der Waals surface area (Å²) in [6.07, 6.45) is 1.75. The molecule has 0 saturated heterocycles. The molecule has 4 heteroatoms. The average Bonchev–Trinajstić information content (AvgIpc) is 2.33. The van der Waals surface area contributed by atoms with Crippen LogP contribution in [-0.4, -0.2) is 10.8 Å². The minimum atomic E-state index is 0.0505. The third-order valence-electron chi connectivity index (χ3n) is 2.61. The van der Waals surface area contributed by atoms with Crippen molar-refractivity contribution in [3.05, 3.63) is 47.7 Å². The lowest BCUT2D eigenvalue weighted by Crippen LogP contribution is -2.00. The van der Waals surface area contributed by atoms with Gasteiger partial charge in [0.1, 0.15) is 0 Å². The first-order chi connectivity index (χ1) is 8.56. The van der Waals surface area contributed by atoms with E-state index >= 15 is 0 Å². The van der Waals surface area contributed by atoms with Gasteiger partial charge in [-0.25, -0.2) is 4.98 Å². The second kappa shape index (κ2) is 4.87. The smallest absolute Gasteiger partial charge is 0.159 e. The molecule has 0 aliphatic heterocycles. The van der Waals surface area contributed by atoms with Crippen LogP contribution in [0.4, 0.5) is 17.2 Å². The number of aromatic nitrogens is 1. The number of Topliss-reactive ketones (excluding diaryl/α,β-unsaturated/α-hetero) is 1. The van der Waals surface area contributed by atoms with Crippen molar-refractivity contribution >= 4 is 23.0 Å². The average molecular weight is 241 g/mol. The highest BCUT2D eigenvalue weighted by Crippen LogP contribution is 2.21. The largest absolute Gasteiger partial charge is 0.396 e. The molecule has 2 rings (SSSR count). The van der Waals surface area contributed by atoms with Crippen LogP contribution in [0.5, 0.6) is 0 Å². The number of ketones is 1. The number of nitrogens with zero attached hydrogens (tertiary/aromatic N) is 1. The van der Waals surface area contributed by atoms with Gasteiger partial charge in [0, 0.05) is 17.4 Å². The van der Waals surface area contributed by atoms with Crippen molar-refractivity contribution in [3.63, 3.8) is 0 Å². The standard InChI is InChI=1S/C14H15N3O/c1-9-7-13(15)14(16-8-9)17-12-5-3-11(4-6-12)10(2)18/h3-8H,15H2,1-2H3,(H,16,17). The number of hydrogen-bond donors (Lipinski definition) is 2. The number of nitrogens with two attached hydrogens (primary N) is 1. The van der Waals surface area contributed by atoms with Crippen LogP contribution in [0.1, 0.15) is 22.8 Å². The van der Waals surface area contributed by atoms with Crippen molar-refractivity contribution in [1.82, 2.24) is 4.98 Å². The Morgan fingerprint density at radius 2 is 1.94 bits per heavy atom. The second-order valence-electron chi connectivity index (χ2n) is 4.21. The first kappa shape index (κ1) is 12.1. The van der Waals surface area contributed by atoms with Gasteiger partial charge in [-0.2, -0.15) is 0 Å². The van der Waals surface area contributed by atoms with Crippen LogP contribution >= 0.6 is 0 Å². The molecular formula is C14H15N3O. The van der Waals surface area contributed by atoms with Crippen LogP contribution in [-0.2, 0) is 0 Å². The maximum atomic E-state index is 11.2. The van der Waals surface area contributed by atoms with Gasteiger partial charge in [-0.15, -0.1) is 0 Å². The number of rotatable bonds is 3. The lowest BCUT2D eigenvalue weighted by Gasteiger charge is -2.09. The zero-order chi connectivity index (χ0) is 13.1. The minimum Gasteiger partial charge on any atom is -0.396 e. The molecule has 0 spiro atoms. The Hall–Kier alpha value is -2.36. The number of carbonyl (C=O) groups excluding carboxylic acids is 1. The fourth-order valence-electron chi connectivity index (χ4n) is 1.62. The Labute approximate surface area is 106 Å². The number of nitrogens with one attached hydrogen (secondary N) is 1. The van der Waals surface area contributed by atoms with E-state index in [1.54, 1.807) is 25.3 Å². The molecule has 1 aromatic carbocycles. The lowest BCUT2D eigenvalue weighted by molar-refractivity contribution is 0.101. The molecule has 0 unspecified atom stereocenters. The van der Waals surface area contributed by atoms with Crippen LogP contribution in [0.3, 0.4) is 0 Å². The summed E-state index contributed by atoms with van der Waals surface area (Å²) in [7, 11) is 0. The summed E-state index contributed by atoms with van der Waals surface area (Å²) in [6, 6.07) is 9.07. The maximum absolute atomic E-state index is 11.2. The summed E-state index contributed by atoms with van der Waals surface area (Å²) in [4.78, 5) is 15.4. The molecule has 0 aliphatic carbocycles. The van der Waals surface area contributed by atoms with E-state index in [-0.39, 0.29) is 5.78 Å².